The first-order valence-electron chi connectivity index (χ1n) is 11.5. The highest BCUT2D eigenvalue weighted by atomic mass is 16.5. The van der Waals surface area contributed by atoms with E-state index in [1.54, 1.807) is 6.92 Å². The first-order chi connectivity index (χ1) is 16.4. The summed E-state index contributed by atoms with van der Waals surface area (Å²) < 4.78 is 10.7. The van der Waals surface area contributed by atoms with Crippen molar-refractivity contribution in [1.82, 2.24) is 10.2 Å². The maximum atomic E-state index is 13.0. The van der Waals surface area contributed by atoms with Crippen molar-refractivity contribution in [3.05, 3.63) is 59.7 Å². The van der Waals surface area contributed by atoms with Crippen LogP contribution in [0.2, 0.25) is 0 Å². The summed E-state index contributed by atoms with van der Waals surface area (Å²) in [6.45, 7) is 2.34. The normalized spacial score (nSPS) is 19.9. The van der Waals surface area contributed by atoms with Crippen LogP contribution >= 0.6 is 0 Å². The van der Waals surface area contributed by atoms with Crippen molar-refractivity contribution in [3.8, 4) is 11.1 Å². The van der Waals surface area contributed by atoms with Gasteiger partial charge in [-0.3, -0.25) is 9.59 Å². The molecule has 0 aromatic heterocycles. The minimum atomic E-state index is -1.12. The van der Waals surface area contributed by atoms with Gasteiger partial charge in [-0.25, -0.2) is 4.79 Å². The minimum absolute atomic E-state index is 0.0305. The summed E-state index contributed by atoms with van der Waals surface area (Å²) in [5.74, 6) is -1.37. The molecule has 2 atom stereocenters. The van der Waals surface area contributed by atoms with Gasteiger partial charge in [0, 0.05) is 26.1 Å². The monoisotopic (exact) mass is 466 g/mol. The Kier molecular flexibility index (Phi) is 6.88. The van der Waals surface area contributed by atoms with E-state index in [2.05, 4.69) is 17.4 Å². The summed E-state index contributed by atoms with van der Waals surface area (Å²) in [5, 5.41) is 12.3. The van der Waals surface area contributed by atoms with Gasteiger partial charge in [0.25, 0.3) is 0 Å². The highest BCUT2D eigenvalue weighted by Gasteiger charge is 2.47. The standard InChI is InChI=1S/C26H30N2O6/c1-3-22(23(29)28-13-12-26(15-28,16-33-2)24(30)31)27-25(32)34-14-21-19-10-6-4-8-17(19)18-9-5-7-11-20(18)21/h4-11,21-22H,3,12-16H2,1-2H3,(H,27,32)(H,30,31)/t22-,26?/m0/s1. The van der Waals surface area contributed by atoms with Crippen molar-refractivity contribution in [1.29, 1.82) is 0 Å². The van der Waals surface area contributed by atoms with Gasteiger partial charge in [-0.1, -0.05) is 55.5 Å². The van der Waals surface area contributed by atoms with E-state index in [9.17, 15) is 19.5 Å². The van der Waals surface area contributed by atoms with Gasteiger partial charge < -0.3 is 24.8 Å². The van der Waals surface area contributed by atoms with E-state index in [-0.39, 0.29) is 31.6 Å². The molecule has 0 saturated carbocycles. The minimum Gasteiger partial charge on any atom is -0.481 e. The molecule has 1 aliphatic carbocycles. The third-order valence-corrected chi connectivity index (χ3v) is 6.88. The Labute approximate surface area is 198 Å². The topological polar surface area (TPSA) is 105 Å². The third kappa shape index (κ3) is 4.37. The molecule has 2 amide bonds. The van der Waals surface area contributed by atoms with Crippen LogP contribution in [0.3, 0.4) is 0 Å². The number of amides is 2. The quantitative estimate of drug-likeness (QED) is 0.619. The van der Waals surface area contributed by atoms with Crippen LogP contribution < -0.4 is 5.32 Å². The van der Waals surface area contributed by atoms with E-state index >= 15 is 0 Å². The van der Waals surface area contributed by atoms with Gasteiger partial charge in [-0.15, -0.1) is 0 Å². The zero-order valence-electron chi connectivity index (χ0n) is 19.5. The van der Waals surface area contributed by atoms with Gasteiger partial charge in [0.15, 0.2) is 0 Å². The number of hydrogen-bond acceptors (Lipinski definition) is 5. The average molecular weight is 467 g/mol. The third-order valence-electron chi connectivity index (χ3n) is 6.88. The van der Waals surface area contributed by atoms with Gasteiger partial charge in [0.2, 0.25) is 5.91 Å². The Hall–Kier alpha value is -3.39. The number of methoxy groups -OCH3 is 1. The molecule has 8 nitrogen and oxygen atoms in total. The van der Waals surface area contributed by atoms with Crippen LogP contribution in [0.5, 0.6) is 0 Å². The number of aliphatic carboxylic acids is 1. The SMILES string of the molecule is CC[C@H](NC(=O)OCC1c2ccccc2-c2ccccc21)C(=O)N1CCC(COC)(C(=O)O)C1. The smallest absolute Gasteiger partial charge is 0.407 e. The fraction of sp³-hybridized carbons (Fsp3) is 0.423. The molecule has 1 saturated heterocycles. The van der Waals surface area contributed by atoms with Gasteiger partial charge >= 0.3 is 12.1 Å². The molecule has 0 bridgehead atoms. The molecule has 1 fully saturated rings. The summed E-state index contributed by atoms with van der Waals surface area (Å²) in [4.78, 5) is 38.9. The van der Waals surface area contributed by atoms with Crippen molar-refractivity contribution in [2.24, 2.45) is 5.41 Å². The molecule has 0 radical (unpaired) electrons. The summed E-state index contributed by atoms with van der Waals surface area (Å²) >= 11 is 0. The number of alkyl carbamates (subject to hydrolysis) is 1. The van der Waals surface area contributed by atoms with Crippen LogP contribution in [0, 0.1) is 5.41 Å². The fourth-order valence-electron chi connectivity index (χ4n) is 5.03. The second-order valence-electron chi connectivity index (χ2n) is 8.96. The molecule has 34 heavy (non-hydrogen) atoms. The van der Waals surface area contributed by atoms with E-state index in [1.165, 1.54) is 12.0 Å². The Morgan fingerprint density at radius 2 is 1.74 bits per heavy atom. The molecule has 1 heterocycles. The number of carbonyl (C=O) groups is 3. The van der Waals surface area contributed by atoms with Gasteiger partial charge in [-0.2, -0.15) is 0 Å². The summed E-state index contributed by atoms with van der Waals surface area (Å²) in [6.07, 6.45) is 0.00957. The molecule has 2 N–H and O–H groups in total. The molecular weight excluding hydrogens is 436 g/mol. The van der Waals surface area contributed by atoms with E-state index in [4.69, 9.17) is 9.47 Å². The lowest BCUT2D eigenvalue weighted by Crippen LogP contribution is -2.49. The number of carboxylic acids is 1. The van der Waals surface area contributed by atoms with E-state index in [0.717, 1.165) is 22.3 Å². The van der Waals surface area contributed by atoms with Crippen molar-refractivity contribution in [3.63, 3.8) is 0 Å². The van der Waals surface area contributed by atoms with Crippen molar-refractivity contribution >= 4 is 18.0 Å². The molecule has 1 aliphatic heterocycles. The number of carbonyl (C=O) groups excluding carboxylic acids is 2. The highest BCUT2D eigenvalue weighted by Crippen LogP contribution is 2.44. The Morgan fingerprint density at radius 3 is 2.29 bits per heavy atom. The number of fused-ring (bicyclic) bond motifs is 3. The Bertz CT molecular complexity index is 1040. The van der Waals surface area contributed by atoms with Gasteiger partial charge in [0.05, 0.1) is 6.61 Å². The predicted molar refractivity (Wildman–Crippen MR) is 125 cm³/mol. The number of carboxylic acid groups (broad SMARTS) is 1. The number of nitrogens with one attached hydrogen (secondary N) is 1. The lowest BCUT2D eigenvalue weighted by atomic mass is 9.88. The highest BCUT2D eigenvalue weighted by molar-refractivity contribution is 5.87. The van der Waals surface area contributed by atoms with Crippen molar-refractivity contribution in [2.75, 3.05) is 33.4 Å². The number of hydrogen-bond donors (Lipinski definition) is 2. The second kappa shape index (κ2) is 9.85. The van der Waals surface area contributed by atoms with Crippen molar-refractivity contribution < 1.29 is 29.0 Å². The molecular formula is C26H30N2O6. The second-order valence-corrected chi connectivity index (χ2v) is 8.96. The Balaban J connectivity index is 1.38. The fourth-order valence-corrected chi connectivity index (χ4v) is 5.03. The molecule has 0 spiro atoms. The van der Waals surface area contributed by atoms with Crippen molar-refractivity contribution in [2.45, 2.75) is 31.7 Å². The van der Waals surface area contributed by atoms with E-state index in [1.807, 2.05) is 36.4 Å². The summed E-state index contributed by atoms with van der Waals surface area (Å²) in [5.41, 5.74) is 3.38. The van der Waals surface area contributed by atoms with Crippen LogP contribution in [0.1, 0.15) is 36.8 Å². The van der Waals surface area contributed by atoms with Crippen LogP contribution in [-0.4, -0.2) is 67.4 Å². The summed E-state index contributed by atoms with van der Waals surface area (Å²) in [6, 6.07) is 15.4. The number of benzene rings is 2. The molecule has 8 heteroatoms. The molecule has 2 aromatic carbocycles. The zero-order valence-corrected chi connectivity index (χ0v) is 19.5. The van der Waals surface area contributed by atoms with Gasteiger partial charge in [0.1, 0.15) is 18.1 Å². The Morgan fingerprint density at radius 1 is 1.12 bits per heavy atom. The molecule has 180 valence electrons. The van der Waals surface area contributed by atoms with E-state index < -0.39 is 23.5 Å². The maximum Gasteiger partial charge on any atom is 0.407 e. The van der Waals surface area contributed by atoms with Crippen LogP contribution in [-0.2, 0) is 19.1 Å². The first-order valence-corrected chi connectivity index (χ1v) is 11.5. The van der Waals surface area contributed by atoms with Gasteiger partial charge in [-0.05, 0) is 35.1 Å². The largest absolute Gasteiger partial charge is 0.481 e. The molecule has 1 unspecified atom stereocenters. The predicted octanol–water partition coefficient (Wildman–Crippen LogP) is 3.25. The van der Waals surface area contributed by atoms with Crippen LogP contribution in [0.15, 0.2) is 48.5 Å². The molecule has 4 rings (SSSR count). The van der Waals surface area contributed by atoms with Crippen LogP contribution in [0.4, 0.5) is 4.79 Å². The lowest BCUT2D eigenvalue weighted by Gasteiger charge is -2.26. The summed E-state index contributed by atoms with van der Waals surface area (Å²) in [7, 11) is 1.45. The number of likely N-dealkylation sites (tertiary alicyclic amines) is 1. The molecule has 2 aliphatic rings. The number of ether oxygens (including phenoxy) is 2. The lowest BCUT2D eigenvalue weighted by molar-refractivity contribution is -0.151. The number of nitrogens with zero attached hydrogens (tertiary/aromatic N) is 1. The van der Waals surface area contributed by atoms with Crippen LogP contribution in [0.25, 0.3) is 11.1 Å². The van der Waals surface area contributed by atoms with E-state index in [0.29, 0.717) is 19.4 Å². The maximum absolute atomic E-state index is 13.0. The average Bonchev–Trinajstić information content (AvgIpc) is 3.42. The zero-order chi connectivity index (χ0) is 24.3. The number of rotatable bonds is 8. The first kappa shape index (κ1) is 23.8. The molecule has 2 aromatic rings.